The van der Waals surface area contributed by atoms with Crippen molar-refractivity contribution in [1.29, 1.82) is 0 Å². The van der Waals surface area contributed by atoms with Crippen LogP contribution in [0, 0.1) is 0 Å². The molecule has 2 rings (SSSR count). The Kier molecular flexibility index (Phi) is 4.77. The Bertz CT molecular complexity index is 611. The number of carbonyl (C=O) groups is 1. The molecule has 0 fully saturated rings. The maximum Gasteiger partial charge on any atom is 0.274 e. The van der Waals surface area contributed by atoms with Gasteiger partial charge in [0.25, 0.3) is 5.91 Å². The van der Waals surface area contributed by atoms with E-state index in [1.165, 1.54) is 6.20 Å². The number of pyridine rings is 1. The number of hydrogen-bond acceptors (Lipinski definition) is 4. The maximum atomic E-state index is 12.1. The second kappa shape index (κ2) is 6.74. The van der Waals surface area contributed by atoms with Gasteiger partial charge in [0, 0.05) is 11.8 Å². The molecule has 1 heterocycles. The van der Waals surface area contributed by atoms with Gasteiger partial charge in [0.2, 0.25) is 0 Å². The van der Waals surface area contributed by atoms with Crippen molar-refractivity contribution in [3.8, 4) is 5.75 Å². The van der Waals surface area contributed by atoms with Gasteiger partial charge in [-0.1, -0.05) is 13.0 Å². The summed E-state index contributed by atoms with van der Waals surface area (Å²) in [6.45, 7) is 4.06. The summed E-state index contributed by atoms with van der Waals surface area (Å²) in [6, 6.07) is 10.5. The van der Waals surface area contributed by atoms with Crippen LogP contribution in [-0.4, -0.2) is 17.0 Å². The maximum absolute atomic E-state index is 12.1. The number of rotatable bonds is 5. The van der Waals surface area contributed by atoms with Gasteiger partial charge < -0.3 is 15.8 Å². The van der Waals surface area contributed by atoms with Gasteiger partial charge in [-0.25, -0.2) is 4.98 Å². The highest BCUT2D eigenvalue weighted by Crippen LogP contribution is 2.19. The summed E-state index contributed by atoms with van der Waals surface area (Å²) >= 11 is 0. The van der Waals surface area contributed by atoms with Crippen LogP contribution in [0.3, 0.4) is 0 Å². The molecule has 1 aromatic heterocycles. The third-order valence-electron chi connectivity index (χ3n) is 3.02. The molecule has 1 aromatic carbocycles. The highest BCUT2D eigenvalue weighted by atomic mass is 16.5. The number of nitrogens with one attached hydrogen (secondary N) is 1. The number of nitrogens with two attached hydrogens (primary N) is 1. The van der Waals surface area contributed by atoms with Crippen molar-refractivity contribution in [2.75, 3.05) is 11.1 Å². The Balaban J connectivity index is 2.07. The van der Waals surface area contributed by atoms with Crippen molar-refractivity contribution < 1.29 is 9.53 Å². The van der Waals surface area contributed by atoms with E-state index in [-0.39, 0.29) is 12.0 Å². The zero-order chi connectivity index (χ0) is 15.2. The lowest BCUT2D eigenvalue weighted by molar-refractivity contribution is 0.102. The second-order valence-corrected chi connectivity index (χ2v) is 4.80. The zero-order valence-electron chi connectivity index (χ0n) is 12.2. The van der Waals surface area contributed by atoms with Gasteiger partial charge in [-0.3, -0.25) is 4.79 Å². The van der Waals surface area contributed by atoms with E-state index in [1.807, 2.05) is 19.1 Å². The first-order valence-corrected chi connectivity index (χ1v) is 6.88. The van der Waals surface area contributed by atoms with Crippen LogP contribution in [0.5, 0.6) is 5.75 Å². The molecule has 0 saturated heterocycles. The lowest BCUT2D eigenvalue weighted by Crippen LogP contribution is -2.14. The van der Waals surface area contributed by atoms with Crippen LogP contribution in [0.1, 0.15) is 30.8 Å². The molecule has 0 aliphatic rings. The predicted octanol–water partition coefficient (Wildman–Crippen LogP) is 3.09. The van der Waals surface area contributed by atoms with Crippen LogP contribution in [0.25, 0.3) is 0 Å². The summed E-state index contributed by atoms with van der Waals surface area (Å²) in [5.41, 5.74) is 7.05. The van der Waals surface area contributed by atoms with E-state index in [9.17, 15) is 4.79 Å². The van der Waals surface area contributed by atoms with Crippen molar-refractivity contribution in [3.63, 3.8) is 0 Å². The number of amides is 1. The smallest absolute Gasteiger partial charge is 0.274 e. The minimum Gasteiger partial charge on any atom is -0.491 e. The summed E-state index contributed by atoms with van der Waals surface area (Å²) in [5.74, 6) is 0.447. The van der Waals surface area contributed by atoms with Gasteiger partial charge in [-0.15, -0.1) is 0 Å². The summed E-state index contributed by atoms with van der Waals surface area (Å²) in [5, 5.41) is 2.79. The summed E-state index contributed by atoms with van der Waals surface area (Å²) in [6.07, 6.45) is 2.51. The standard InChI is InChI=1S/C16H19N3O2/c1-3-11(2)21-14-6-4-5-13(9-14)19-16(20)15-8-7-12(17)10-18-15/h4-11H,3,17H2,1-2H3,(H,19,20). The second-order valence-electron chi connectivity index (χ2n) is 4.80. The molecule has 1 atom stereocenters. The monoisotopic (exact) mass is 285 g/mol. The minimum absolute atomic E-state index is 0.134. The number of benzene rings is 1. The molecular formula is C16H19N3O2. The van der Waals surface area contributed by atoms with Gasteiger partial charge >= 0.3 is 0 Å². The molecule has 5 nitrogen and oxygen atoms in total. The number of hydrogen-bond donors (Lipinski definition) is 2. The molecule has 5 heteroatoms. The predicted molar refractivity (Wildman–Crippen MR) is 83.4 cm³/mol. The van der Waals surface area contributed by atoms with Crippen LogP contribution in [0.4, 0.5) is 11.4 Å². The molecule has 0 aliphatic heterocycles. The Morgan fingerprint density at radius 3 is 2.86 bits per heavy atom. The molecule has 2 aromatic rings. The van der Waals surface area contributed by atoms with Gasteiger partial charge in [0.1, 0.15) is 11.4 Å². The Morgan fingerprint density at radius 2 is 2.19 bits per heavy atom. The Hall–Kier alpha value is -2.56. The summed E-state index contributed by atoms with van der Waals surface area (Å²) in [7, 11) is 0. The van der Waals surface area contributed by atoms with E-state index in [1.54, 1.807) is 24.3 Å². The highest BCUT2D eigenvalue weighted by Gasteiger charge is 2.08. The van der Waals surface area contributed by atoms with Gasteiger partial charge in [-0.2, -0.15) is 0 Å². The minimum atomic E-state index is -0.282. The quantitative estimate of drug-likeness (QED) is 0.885. The number of aromatic nitrogens is 1. The number of nitrogens with zero attached hydrogens (tertiary/aromatic N) is 1. The van der Waals surface area contributed by atoms with E-state index in [0.29, 0.717) is 17.1 Å². The SMILES string of the molecule is CCC(C)Oc1cccc(NC(=O)c2ccc(N)cn2)c1. The van der Waals surface area contributed by atoms with E-state index >= 15 is 0 Å². The van der Waals surface area contributed by atoms with Crippen molar-refractivity contribution >= 4 is 17.3 Å². The fourth-order valence-corrected chi connectivity index (χ4v) is 1.70. The molecule has 0 saturated carbocycles. The van der Waals surface area contributed by atoms with Crippen LogP contribution in [0.2, 0.25) is 0 Å². The average Bonchev–Trinajstić information content (AvgIpc) is 2.48. The molecule has 110 valence electrons. The third-order valence-corrected chi connectivity index (χ3v) is 3.02. The van der Waals surface area contributed by atoms with Gasteiger partial charge in [0.05, 0.1) is 18.0 Å². The normalized spacial score (nSPS) is 11.7. The summed E-state index contributed by atoms with van der Waals surface area (Å²) in [4.78, 5) is 16.0. The van der Waals surface area contributed by atoms with Crippen molar-refractivity contribution in [2.24, 2.45) is 0 Å². The number of nitrogen functional groups attached to an aromatic ring is 1. The highest BCUT2D eigenvalue weighted by molar-refractivity contribution is 6.03. The lowest BCUT2D eigenvalue weighted by atomic mass is 10.2. The van der Waals surface area contributed by atoms with Crippen molar-refractivity contribution in [1.82, 2.24) is 4.98 Å². The molecule has 0 radical (unpaired) electrons. The van der Waals surface area contributed by atoms with Gasteiger partial charge in [0.15, 0.2) is 0 Å². The first-order chi connectivity index (χ1) is 10.1. The molecule has 1 amide bonds. The van der Waals surface area contributed by atoms with Crippen LogP contribution < -0.4 is 15.8 Å². The molecular weight excluding hydrogens is 266 g/mol. The van der Waals surface area contributed by atoms with Crippen molar-refractivity contribution in [3.05, 3.63) is 48.3 Å². The van der Waals surface area contributed by atoms with E-state index in [4.69, 9.17) is 10.5 Å². The molecule has 0 bridgehead atoms. The number of anilines is 2. The number of carbonyl (C=O) groups excluding carboxylic acids is 1. The molecule has 21 heavy (non-hydrogen) atoms. The third kappa shape index (κ3) is 4.21. The van der Waals surface area contributed by atoms with Crippen molar-refractivity contribution in [2.45, 2.75) is 26.4 Å². The van der Waals surface area contributed by atoms with E-state index < -0.39 is 0 Å². The molecule has 0 aliphatic carbocycles. The lowest BCUT2D eigenvalue weighted by Gasteiger charge is -2.13. The zero-order valence-corrected chi connectivity index (χ0v) is 12.2. The Morgan fingerprint density at radius 1 is 1.38 bits per heavy atom. The molecule has 3 N–H and O–H groups in total. The fraction of sp³-hybridized carbons (Fsp3) is 0.250. The average molecular weight is 285 g/mol. The van der Waals surface area contributed by atoms with Crippen LogP contribution in [0.15, 0.2) is 42.6 Å². The largest absolute Gasteiger partial charge is 0.491 e. The van der Waals surface area contributed by atoms with Crippen LogP contribution in [-0.2, 0) is 0 Å². The van der Waals surface area contributed by atoms with Gasteiger partial charge in [-0.05, 0) is 37.6 Å². The van der Waals surface area contributed by atoms with E-state index in [2.05, 4.69) is 17.2 Å². The first-order valence-electron chi connectivity index (χ1n) is 6.88. The molecule has 1 unspecified atom stereocenters. The number of ether oxygens (including phenoxy) is 1. The fourth-order valence-electron chi connectivity index (χ4n) is 1.70. The van der Waals surface area contributed by atoms with Crippen LogP contribution >= 0.6 is 0 Å². The molecule has 0 spiro atoms. The topological polar surface area (TPSA) is 77.2 Å². The first kappa shape index (κ1) is 14.8. The Labute approximate surface area is 124 Å². The van der Waals surface area contributed by atoms with E-state index in [0.717, 1.165) is 12.2 Å². The summed E-state index contributed by atoms with van der Waals surface area (Å²) < 4.78 is 5.72.